The van der Waals surface area contributed by atoms with Gasteiger partial charge in [0, 0.05) is 19.0 Å². The van der Waals surface area contributed by atoms with Crippen LogP contribution in [0.2, 0.25) is 0 Å². The van der Waals surface area contributed by atoms with Gasteiger partial charge in [-0.1, -0.05) is 30.7 Å². The summed E-state index contributed by atoms with van der Waals surface area (Å²) in [5.41, 5.74) is 2.02. The number of urea groups is 1. The van der Waals surface area contributed by atoms with E-state index in [4.69, 9.17) is 4.42 Å². The number of amides is 2. The summed E-state index contributed by atoms with van der Waals surface area (Å²) >= 11 is 0. The van der Waals surface area contributed by atoms with Crippen LogP contribution in [0.4, 0.5) is 10.7 Å². The average molecular weight is 341 g/mol. The Morgan fingerprint density at radius 1 is 1.32 bits per heavy atom. The summed E-state index contributed by atoms with van der Waals surface area (Å²) in [4.78, 5) is 17.9. The molecule has 0 aliphatic carbocycles. The van der Waals surface area contributed by atoms with Crippen molar-refractivity contribution in [1.29, 1.82) is 0 Å². The number of hydrogen-bond donors (Lipinski definition) is 2. The first-order valence-electron chi connectivity index (χ1n) is 7.88. The van der Waals surface area contributed by atoms with Crippen molar-refractivity contribution in [1.82, 2.24) is 30.3 Å². The molecule has 9 heteroatoms. The molecule has 2 N–H and O–H groups in total. The molecular formula is C16H19N7O2. The molecule has 1 aromatic carbocycles. The second-order valence-corrected chi connectivity index (χ2v) is 5.61. The molecule has 2 amide bonds. The molecule has 0 spiro atoms. The normalized spacial score (nSPS) is 10.7. The first-order chi connectivity index (χ1) is 12.0. The quantitative estimate of drug-likeness (QED) is 0.737. The number of hydrogen-bond acceptors (Lipinski definition) is 6. The third-order valence-corrected chi connectivity index (χ3v) is 3.53. The molecule has 0 aliphatic rings. The van der Waals surface area contributed by atoms with Crippen molar-refractivity contribution in [3.8, 4) is 11.4 Å². The van der Waals surface area contributed by atoms with E-state index in [1.54, 1.807) is 7.05 Å². The predicted octanol–water partition coefficient (Wildman–Crippen LogP) is 2.39. The van der Waals surface area contributed by atoms with E-state index in [1.807, 2.05) is 38.1 Å². The molecule has 0 saturated heterocycles. The van der Waals surface area contributed by atoms with Gasteiger partial charge < -0.3 is 9.32 Å². The minimum atomic E-state index is -0.369. The van der Waals surface area contributed by atoms with Crippen LogP contribution in [0.3, 0.4) is 0 Å². The standard InChI is InChI=1S/C16H19N7O2/c1-4-12-19-20-13(25-12)9-23(3)16(24)18-15-17-14(21-22-15)11-7-5-6-10(2)8-11/h5-8H,4,9H2,1-3H3,(H2,17,18,21,22,24). The van der Waals surface area contributed by atoms with Crippen LogP contribution in [0.25, 0.3) is 11.4 Å². The van der Waals surface area contributed by atoms with E-state index in [0.717, 1.165) is 11.1 Å². The van der Waals surface area contributed by atoms with Gasteiger partial charge in [-0.3, -0.25) is 10.4 Å². The number of H-pyrrole nitrogens is 1. The maximum Gasteiger partial charge on any atom is 0.324 e. The molecule has 0 aliphatic heterocycles. The van der Waals surface area contributed by atoms with Crippen LogP contribution in [0.15, 0.2) is 28.7 Å². The minimum Gasteiger partial charge on any atom is -0.423 e. The summed E-state index contributed by atoms with van der Waals surface area (Å²) in [5.74, 6) is 1.71. The van der Waals surface area contributed by atoms with Crippen molar-refractivity contribution >= 4 is 12.0 Å². The van der Waals surface area contributed by atoms with Gasteiger partial charge in [0.1, 0.15) is 6.54 Å². The number of aryl methyl sites for hydroxylation is 2. The molecule has 0 saturated carbocycles. The molecule has 9 nitrogen and oxygen atoms in total. The molecule has 0 fully saturated rings. The Morgan fingerprint density at radius 3 is 2.84 bits per heavy atom. The zero-order chi connectivity index (χ0) is 17.8. The lowest BCUT2D eigenvalue weighted by Crippen LogP contribution is -2.31. The van der Waals surface area contributed by atoms with Gasteiger partial charge in [-0.25, -0.2) is 4.79 Å². The highest BCUT2D eigenvalue weighted by Crippen LogP contribution is 2.17. The number of nitrogens with one attached hydrogen (secondary N) is 2. The lowest BCUT2D eigenvalue weighted by molar-refractivity contribution is 0.215. The summed E-state index contributed by atoms with van der Waals surface area (Å²) in [7, 11) is 1.62. The van der Waals surface area contributed by atoms with E-state index in [2.05, 4.69) is 30.7 Å². The van der Waals surface area contributed by atoms with Crippen LogP contribution in [0, 0.1) is 6.92 Å². The van der Waals surface area contributed by atoms with Gasteiger partial charge in [0.25, 0.3) is 0 Å². The maximum atomic E-state index is 12.2. The second kappa shape index (κ2) is 7.12. The maximum absolute atomic E-state index is 12.2. The molecule has 130 valence electrons. The largest absolute Gasteiger partial charge is 0.423 e. The minimum absolute atomic E-state index is 0.202. The summed E-state index contributed by atoms with van der Waals surface area (Å²) in [5, 5.41) is 17.2. The van der Waals surface area contributed by atoms with E-state index < -0.39 is 0 Å². The lowest BCUT2D eigenvalue weighted by Gasteiger charge is -2.13. The lowest BCUT2D eigenvalue weighted by atomic mass is 10.1. The molecule has 2 aromatic heterocycles. The SMILES string of the molecule is CCc1nnc(CN(C)C(=O)Nc2n[nH]c(-c3cccc(C)c3)n2)o1. The van der Waals surface area contributed by atoms with Crippen LogP contribution in [-0.2, 0) is 13.0 Å². The number of nitrogens with zero attached hydrogens (tertiary/aromatic N) is 5. The van der Waals surface area contributed by atoms with E-state index in [1.165, 1.54) is 4.90 Å². The highest BCUT2D eigenvalue weighted by Gasteiger charge is 2.15. The molecule has 3 aromatic rings. The predicted molar refractivity (Wildman–Crippen MR) is 90.7 cm³/mol. The Labute approximate surface area is 144 Å². The zero-order valence-electron chi connectivity index (χ0n) is 14.3. The molecule has 3 rings (SSSR count). The third kappa shape index (κ3) is 4.00. The van der Waals surface area contributed by atoms with Crippen LogP contribution < -0.4 is 5.32 Å². The van der Waals surface area contributed by atoms with Crippen molar-refractivity contribution in [2.75, 3.05) is 12.4 Å². The number of anilines is 1. The highest BCUT2D eigenvalue weighted by atomic mass is 16.4. The van der Waals surface area contributed by atoms with Crippen LogP contribution >= 0.6 is 0 Å². The Morgan fingerprint density at radius 2 is 2.12 bits per heavy atom. The van der Waals surface area contributed by atoms with Crippen LogP contribution in [-0.4, -0.2) is 43.4 Å². The van der Waals surface area contributed by atoms with E-state index >= 15 is 0 Å². The molecule has 2 heterocycles. The molecule has 25 heavy (non-hydrogen) atoms. The monoisotopic (exact) mass is 341 g/mol. The van der Waals surface area contributed by atoms with Crippen molar-refractivity contribution < 1.29 is 9.21 Å². The first kappa shape index (κ1) is 16.6. The number of rotatable bonds is 5. The number of benzene rings is 1. The topological polar surface area (TPSA) is 113 Å². The Bertz CT molecular complexity index is 871. The summed E-state index contributed by atoms with van der Waals surface area (Å²) in [6, 6.07) is 7.48. The van der Waals surface area contributed by atoms with Gasteiger partial charge in [-0.05, 0) is 13.0 Å². The third-order valence-electron chi connectivity index (χ3n) is 3.53. The van der Waals surface area contributed by atoms with Gasteiger partial charge >= 0.3 is 6.03 Å². The summed E-state index contributed by atoms with van der Waals surface area (Å²) in [6.45, 7) is 4.12. The Hall–Kier alpha value is -3.23. The van der Waals surface area contributed by atoms with Crippen molar-refractivity contribution in [2.45, 2.75) is 26.8 Å². The average Bonchev–Trinajstić information content (AvgIpc) is 3.24. The van der Waals surface area contributed by atoms with Gasteiger partial charge in [-0.2, -0.15) is 4.98 Å². The highest BCUT2D eigenvalue weighted by molar-refractivity contribution is 5.87. The van der Waals surface area contributed by atoms with Crippen molar-refractivity contribution in [3.05, 3.63) is 41.6 Å². The molecular weight excluding hydrogens is 322 g/mol. The van der Waals surface area contributed by atoms with E-state index in [9.17, 15) is 4.79 Å². The Balaban J connectivity index is 1.62. The fourth-order valence-corrected chi connectivity index (χ4v) is 2.20. The zero-order valence-corrected chi connectivity index (χ0v) is 14.3. The van der Waals surface area contributed by atoms with Gasteiger partial charge in [0.15, 0.2) is 5.82 Å². The number of aromatic nitrogens is 5. The molecule has 0 radical (unpaired) electrons. The van der Waals surface area contributed by atoms with Crippen molar-refractivity contribution in [3.63, 3.8) is 0 Å². The molecule has 0 bridgehead atoms. The summed E-state index contributed by atoms with van der Waals surface area (Å²) < 4.78 is 5.40. The number of carbonyl (C=O) groups is 1. The van der Waals surface area contributed by atoms with Crippen LogP contribution in [0.5, 0.6) is 0 Å². The smallest absolute Gasteiger partial charge is 0.324 e. The fourth-order valence-electron chi connectivity index (χ4n) is 2.20. The van der Waals surface area contributed by atoms with Crippen LogP contribution in [0.1, 0.15) is 24.3 Å². The van der Waals surface area contributed by atoms with Gasteiger partial charge in [-0.15, -0.1) is 15.3 Å². The second-order valence-electron chi connectivity index (χ2n) is 5.61. The van der Waals surface area contributed by atoms with Gasteiger partial charge in [0.05, 0.1) is 0 Å². The number of aromatic amines is 1. The summed E-state index contributed by atoms with van der Waals surface area (Å²) in [6.07, 6.45) is 0.655. The van der Waals surface area contributed by atoms with Gasteiger partial charge in [0.2, 0.25) is 17.7 Å². The fraction of sp³-hybridized carbons (Fsp3) is 0.312. The van der Waals surface area contributed by atoms with Crippen molar-refractivity contribution in [2.24, 2.45) is 0 Å². The Kier molecular flexibility index (Phi) is 4.73. The van der Waals surface area contributed by atoms with E-state index in [-0.39, 0.29) is 18.5 Å². The molecule has 0 atom stereocenters. The van der Waals surface area contributed by atoms with E-state index in [0.29, 0.717) is 24.0 Å². The number of carbonyl (C=O) groups excluding carboxylic acids is 1. The first-order valence-corrected chi connectivity index (χ1v) is 7.88. The molecule has 0 unspecified atom stereocenters.